The average molecular weight is 164 g/mol. The summed E-state index contributed by atoms with van der Waals surface area (Å²) in [5, 5.41) is 9.02. The van der Waals surface area contributed by atoms with Crippen molar-refractivity contribution in [2.45, 2.75) is 13.0 Å². The molecule has 0 heterocycles. The molecule has 1 nitrogen and oxygen atoms in total. The van der Waals surface area contributed by atoms with Gasteiger partial charge in [-0.25, -0.2) is 0 Å². The van der Waals surface area contributed by atoms with Crippen LogP contribution < -0.4 is 0 Å². The largest absolute Gasteiger partial charge is 2.00 e. The third-order valence-electron chi connectivity index (χ3n) is 1.28. The molecule has 10 heavy (non-hydrogen) atoms. The molecular formula is C8H12CaO. The summed E-state index contributed by atoms with van der Waals surface area (Å²) in [6.07, 6.45) is -0.341. The molecule has 0 saturated heterocycles. The van der Waals surface area contributed by atoms with Gasteiger partial charge in [-0.15, -0.1) is 0 Å². The van der Waals surface area contributed by atoms with Crippen molar-refractivity contribution >= 4 is 37.7 Å². The van der Waals surface area contributed by atoms with Crippen molar-refractivity contribution in [2.75, 3.05) is 0 Å². The zero-order valence-corrected chi connectivity index (χ0v) is 8.33. The fraction of sp³-hybridized carbons (Fsp3) is 0.250. The van der Waals surface area contributed by atoms with Gasteiger partial charge in [0, 0.05) is 0 Å². The van der Waals surface area contributed by atoms with E-state index in [0.717, 1.165) is 5.56 Å². The van der Waals surface area contributed by atoms with Gasteiger partial charge in [-0.1, -0.05) is 30.3 Å². The molecule has 1 aromatic rings. The predicted molar refractivity (Wildman–Crippen MR) is 45.1 cm³/mol. The summed E-state index contributed by atoms with van der Waals surface area (Å²) in [6.45, 7) is 1.76. The first-order chi connectivity index (χ1) is 4.30. The van der Waals surface area contributed by atoms with Gasteiger partial charge in [0.25, 0.3) is 0 Å². The normalized spacial score (nSPS) is 11.8. The van der Waals surface area contributed by atoms with Crippen LogP contribution in [-0.4, -0.2) is 42.8 Å². The Hall–Kier alpha value is 0.440. The third kappa shape index (κ3) is 3.02. The zero-order valence-electron chi connectivity index (χ0n) is 8.12. The maximum absolute atomic E-state index is 9.02. The maximum Gasteiger partial charge on any atom is 2.00 e. The molecule has 0 aliphatic carbocycles. The van der Waals surface area contributed by atoms with Crippen LogP contribution in [0.4, 0.5) is 0 Å². The first-order valence-electron chi connectivity index (χ1n) is 3.03. The Labute approximate surface area is 94.0 Å². The van der Waals surface area contributed by atoms with Crippen molar-refractivity contribution in [1.82, 2.24) is 0 Å². The quantitative estimate of drug-likeness (QED) is 0.625. The Kier molecular flexibility index (Phi) is 5.36. The van der Waals surface area contributed by atoms with Gasteiger partial charge in [-0.05, 0) is 12.5 Å². The smallest absolute Gasteiger partial charge is 1.00 e. The van der Waals surface area contributed by atoms with Crippen LogP contribution in [0, 0.1) is 0 Å². The fourth-order valence-electron chi connectivity index (χ4n) is 0.732. The monoisotopic (exact) mass is 164 g/mol. The molecule has 1 aromatic carbocycles. The number of aliphatic hydroxyl groups is 1. The molecule has 0 spiro atoms. The number of hydrogen-bond acceptors (Lipinski definition) is 1. The van der Waals surface area contributed by atoms with Crippen LogP contribution >= 0.6 is 0 Å². The zero-order chi connectivity index (χ0) is 6.69. The number of benzene rings is 1. The third-order valence-corrected chi connectivity index (χ3v) is 1.28. The number of aliphatic hydroxyl groups excluding tert-OH is 1. The Morgan fingerprint density at radius 3 is 2.10 bits per heavy atom. The van der Waals surface area contributed by atoms with Gasteiger partial charge in [-0.3, -0.25) is 0 Å². The maximum atomic E-state index is 9.02. The van der Waals surface area contributed by atoms with Crippen LogP contribution in [0.1, 0.15) is 21.4 Å². The van der Waals surface area contributed by atoms with Crippen molar-refractivity contribution in [1.29, 1.82) is 0 Å². The molecule has 0 fully saturated rings. The second kappa shape index (κ2) is 5.14. The summed E-state index contributed by atoms with van der Waals surface area (Å²) < 4.78 is 0. The Morgan fingerprint density at radius 1 is 1.30 bits per heavy atom. The molecular weight excluding hydrogens is 152 g/mol. The van der Waals surface area contributed by atoms with Gasteiger partial charge < -0.3 is 7.96 Å². The molecule has 1 rings (SSSR count). The standard InChI is InChI=1S/C8H10O.Ca.2H/c1-7(9)8-5-3-2-4-6-8;;;/h2-7,9H,1H3;;;/q;+2;2*-1. The molecule has 1 unspecified atom stereocenters. The second-order valence-electron chi connectivity index (χ2n) is 2.09. The summed E-state index contributed by atoms with van der Waals surface area (Å²) in [5.41, 5.74) is 0.970. The minimum Gasteiger partial charge on any atom is -1.00 e. The van der Waals surface area contributed by atoms with Gasteiger partial charge in [-0.2, -0.15) is 0 Å². The Morgan fingerprint density at radius 2 is 1.80 bits per heavy atom. The molecule has 0 radical (unpaired) electrons. The molecule has 1 atom stereocenters. The van der Waals surface area contributed by atoms with E-state index in [1.54, 1.807) is 6.92 Å². The van der Waals surface area contributed by atoms with E-state index < -0.39 is 0 Å². The van der Waals surface area contributed by atoms with Crippen LogP contribution in [0.15, 0.2) is 30.3 Å². The second-order valence-corrected chi connectivity index (χ2v) is 2.09. The molecule has 52 valence electrons. The molecule has 0 bridgehead atoms. The number of hydrogen-bond donors (Lipinski definition) is 1. The predicted octanol–water partition coefficient (Wildman–Crippen LogP) is 1.58. The first kappa shape index (κ1) is 10.4. The van der Waals surface area contributed by atoms with Crippen molar-refractivity contribution in [2.24, 2.45) is 0 Å². The average Bonchev–Trinajstić information content (AvgIpc) is 1.90. The minimum atomic E-state index is -0.341. The Bertz CT molecular complexity index is 180. The van der Waals surface area contributed by atoms with Crippen molar-refractivity contribution < 1.29 is 7.96 Å². The molecule has 0 aliphatic rings. The summed E-state index contributed by atoms with van der Waals surface area (Å²) >= 11 is 0. The van der Waals surface area contributed by atoms with Gasteiger partial charge in [0.2, 0.25) is 0 Å². The van der Waals surface area contributed by atoms with Gasteiger partial charge in [0.1, 0.15) is 0 Å². The molecule has 0 aromatic heterocycles. The summed E-state index contributed by atoms with van der Waals surface area (Å²) in [6, 6.07) is 9.59. The summed E-state index contributed by atoms with van der Waals surface area (Å²) in [4.78, 5) is 0. The SMILES string of the molecule is CC(O)c1ccccc1.[Ca+2].[H-].[H-]. The van der Waals surface area contributed by atoms with Crippen LogP contribution in [0.2, 0.25) is 0 Å². The van der Waals surface area contributed by atoms with E-state index in [2.05, 4.69) is 0 Å². The Balaban J connectivity index is -0.000000270. The van der Waals surface area contributed by atoms with Crippen LogP contribution in [0.5, 0.6) is 0 Å². The molecule has 0 aliphatic heterocycles. The summed E-state index contributed by atoms with van der Waals surface area (Å²) in [5.74, 6) is 0. The van der Waals surface area contributed by atoms with Gasteiger partial charge >= 0.3 is 37.7 Å². The molecule has 0 amide bonds. The van der Waals surface area contributed by atoms with E-state index in [1.807, 2.05) is 30.3 Å². The molecule has 2 heteroatoms. The van der Waals surface area contributed by atoms with E-state index in [-0.39, 0.29) is 46.7 Å². The topological polar surface area (TPSA) is 20.2 Å². The van der Waals surface area contributed by atoms with E-state index in [1.165, 1.54) is 0 Å². The minimum absolute atomic E-state index is 0. The molecule has 1 N–H and O–H groups in total. The van der Waals surface area contributed by atoms with Crippen LogP contribution in [-0.2, 0) is 0 Å². The van der Waals surface area contributed by atoms with Crippen LogP contribution in [0.25, 0.3) is 0 Å². The fourth-order valence-corrected chi connectivity index (χ4v) is 0.732. The van der Waals surface area contributed by atoms with E-state index >= 15 is 0 Å². The van der Waals surface area contributed by atoms with Gasteiger partial charge in [0.15, 0.2) is 0 Å². The number of rotatable bonds is 1. The van der Waals surface area contributed by atoms with E-state index in [0.29, 0.717) is 0 Å². The van der Waals surface area contributed by atoms with Crippen molar-refractivity contribution in [3.05, 3.63) is 35.9 Å². The van der Waals surface area contributed by atoms with Gasteiger partial charge in [0.05, 0.1) is 6.10 Å². The van der Waals surface area contributed by atoms with Crippen molar-refractivity contribution in [3.8, 4) is 0 Å². The molecule has 0 saturated carbocycles. The van der Waals surface area contributed by atoms with E-state index in [4.69, 9.17) is 5.11 Å². The first-order valence-corrected chi connectivity index (χ1v) is 3.03. The summed E-state index contributed by atoms with van der Waals surface area (Å²) in [7, 11) is 0. The van der Waals surface area contributed by atoms with Crippen molar-refractivity contribution in [3.63, 3.8) is 0 Å². The van der Waals surface area contributed by atoms with E-state index in [9.17, 15) is 0 Å². The van der Waals surface area contributed by atoms with Crippen LogP contribution in [0.3, 0.4) is 0 Å².